The number of rotatable bonds is 3. The van der Waals surface area contributed by atoms with Crippen LogP contribution < -0.4 is 43.7 Å². The third-order valence-electron chi connectivity index (χ3n) is 11.2. The van der Waals surface area contributed by atoms with E-state index in [1.807, 2.05) is 54.6 Å². The van der Waals surface area contributed by atoms with Crippen LogP contribution >= 0.6 is 0 Å². The zero-order chi connectivity index (χ0) is 37.9. The Morgan fingerprint density at radius 2 is 0.800 bits per heavy atom. The monoisotopic (exact) mass is 676 g/mol. The van der Waals surface area contributed by atoms with E-state index in [1.54, 1.807) is 0 Å². The Kier molecular flexibility index (Phi) is 7.66. The van der Waals surface area contributed by atoms with Crippen LogP contribution in [0, 0.1) is 0 Å². The molecule has 1 nitrogen and oxygen atoms in total. The van der Waals surface area contributed by atoms with E-state index in [4.69, 9.17) is 67.2 Å². The molecule has 9 heteroatoms. The molecule has 0 aliphatic carbocycles. The summed E-state index contributed by atoms with van der Waals surface area (Å²) in [6, 6.07) is 41.1. The Hall–Kier alpha value is -5.66. The van der Waals surface area contributed by atoms with Gasteiger partial charge in [0.1, 0.15) is 73.9 Å². The van der Waals surface area contributed by atoms with Crippen molar-refractivity contribution in [3.8, 4) is 33.4 Å². The van der Waals surface area contributed by atoms with E-state index in [9.17, 15) is 0 Å². The second kappa shape index (κ2) is 12.4. The fraction of sp³-hybridized carbons (Fsp3) is 0. The number of fused-ring (bicyclic) bond motifs is 8. The summed E-state index contributed by atoms with van der Waals surface area (Å²) in [6.45, 7) is 0. The second-order valence-electron chi connectivity index (χ2n) is 14.1. The molecule has 0 aliphatic heterocycles. The molecule has 0 spiro atoms. The lowest BCUT2D eigenvalue weighted by atomic mass is 9.59. The van der Waals surface area contributed by atoms with Crippen LogP contribution in [-0.2, 0) is 0 Å². The smallest absolute Gasteiger partial charge is 0.136 e. The lowest BCUT2D eigenvalue weighted by molar-refractivity contribution is 0.669. The van der Waals surface area contributed by atoms with Gasteiger partial charge in [0, 0.05) is 10.8 Å². The number of hydrogen-bond donors (Lipinski definition) is 0. The maximum Gasteiger partial charge on any atom is 0.136 e. The van der Waals surface area contributed by atoms with Gasteiger partial charge in [-0.2, -0.15) is 0 Å². The molecule has 0 unspecified atom stereocenters. The van der Waals surface area contributed by atoms with Crippen LogP contribution in [0.15, 0.2) is 126 Å². The molecule has 0 saturated heterocycles. The molecule has 234 valence electrons. The van der Waals surface area contributed by atoms with Gasteiger partial charge in [-0.15, -0.1) is 21.9 Å². The van der Waals surface area contributed by atoms with E-state index in [-0.39, 0.29) is 43.7 Å². The minimum absolute atomic E-state index is 0.162. The maximum absolute atomic E-state index is 7.02. The largest absolute Gasteiger partial charge is 0.456 e. The average molecular weight is 675 g/mol. The van der Waals surface area contributed by atoms with Crippen molar-refractivity contribution in [1.29, 1.82) is 0 Å². The van der Waals surface area contributed by atoms with Gasteiger partial charge in [0.25, 0.3) is 0 Å². The Bertz CT molecular complexity index is 3210. The van der Waals surface area contributed by atoms with E-state index in [2.05, 4.69) is 66.7 Å². The van der Waals surface area contributed by atoms with Crippen molar-refractivity contribution in [1.82, 2.24) is 0 Å². The summed E-state index contributed by atoms with van der Waals surface area (Å²) in [7, 11) is 54.6. The van der Waals surface area contributed by atoms with Crippen molar-refractivity contribution in [2.45, 2.75) is 0 Å². The van der Waals surface area contributed by atoms with Crippen LogP contribution in [0.2, 0.25) is 0 Å². The first-order valence-corrected chi connectivity index (χ1v) is 17.8. The Labute approximate surface area is 329 Å². The van der Waals surface area contributed by atoms with E-state index < -0.39 is 0 Å². The van der Waals surface area contributed by atoms with Gasteiger partial charge in [-0.3, -0.25) is 0 Å². The number of hydrogen-bond acceptors (Lipinski definition) is 1. The molecule has 0 N–H and O–H groups in total. The third kappa shape index (κ3) is 4.85. The van der Waals surface area contributed by atoms with Crippen molar-refractivity contribution < 1.29 is 4.42 Å². The molecule has 0 saturated carbocycles. The summed E-state index contributed by atoms with van der Waals surface area (Å²) in [4.78, 5) is 0. The van der Waals surface area contributed by atoms with Gasteiger partial charge in [-0.1, -0.05) is 125 Å². The van der Waals surface area contributed by atoms with E-state index in [0.29, 0.717) is 38.3 Å². The topological polar surface area (TPSA) is 13.1 Å². The molecule has 0 amide bonds. The zero-order valence-electron chi connectivity index (χ0n) is 29.6. The summed E-state index contributed by atoms with van der Waals surface area (Å²) in [5.74, 6) is 0. The predicted molar refractivity (Wildman–Crippen MR) is 243 cm³/mol. The first kappa shape index (κ1) is 33.9. The standard InChI is InChI=1S/C46H20B8O/c47-39-35-32(23-15-12-21(13-16-23)24-18-19-27-25(20-24)17-14-22-6-1-2-7-26(22)27)36-38(42(50)46(54)44(52)40(36)48)34(37(35)41(49)45(53)43(39)51)29-9-5-11-31-33(29)28-8-3-4-10-30(28)55-31/h1-20H. The molecule has 9 aromatic carbocycles. The summed E-state index contributed by atoms with van der Waals surface area (Å²) in [6.07, 6.45) is 0. The second-order valence-corrected chi connectivity index (χ2v) is 14.1. The minimum atomic E-state index is 0.162. The van der Waals surface area contributed by atoms with Gasteiger partial charge in [0.05, 0.1) is 0 Å². The molecule has 1 heterocycles. The van der Waals surface area contributed by atoms with Crippen LogP contribution in [-0.4, -0.2) is 62.8 Å². The highest BCUT2D eigenvalue weighted by Gasteiger charge is 2.26. The molecule has 55 heavy (non-hydrogen) atoms. The van der Waals surface area contributed by atoms with Crippen LogP contribution in [0.1, 0.15) is 0 Å². The van der Waals surface area contributed by atoms with Gasteiger partial charge >= 0.3 is 0 Å². The summed E-state index contributed by atoms with van der Waals surface area (Å²) < 4.78 is 6.31. The molecule has 1 aromatic heterocycles. The van der Waals surface area contributed by atoms with E-state index in [1.165, 1.54) is 16.2 Å². The van der Waals surface area contributed by atoms with Crippen molar-refractivity contribution in [2.75, 3.05) is 0 Å². The van der Waals surface area contributed by atoms with Gasteiger partial charge < -0.3 is 4.42 Å². The zero-order valence-corrected chi connectivity index (χ0v) is 29.6. The van der Waals surface area contributed by atoms with Gasteiger partial charge in [-0.25, -0.2) is 0 Å². The molecular weight excluding hydrogens is 655 g/mol. The minimum Gasteiger partial charge on any atom is -0.456 e. The fourth-order valence-electron chi connectivity index (χ4n) is 8.51. The van der Waals surface area contributed by atoms with Crippen LogP contribution in [0.3, 0.4) is 0 Å². The summed E-state index contributed by atoms with van der Waals surface area (Å²) in [5, 5.41) is 8.78. The number of benzene rings is 9. The summed E-state index contributed by atoms with van der Waals surface area (Å²) >= 11 is 0. The lowest BCUT2D eigenvalue weighted by Gasteiger charge is -2.28. The van der Waals surface area contributed by atoms with Gasteiger partial charge in [0.2, 0.25) is 0 Å². The first-order valence-electron chi connectivity index (χ1n) is 17.8. The predicted octanol–water partition coefficient (Wildman–Crippen LogP) is 3.55. The van der Waals surface area contributed by atoms with Crippen molar-refractivity contribution in [3.05, 3.63) is 121 Å². The van der Waals surface area contributed by atoms with Crippen molar-refractivity contribution >= 4 is 172 Å². The molecule has 0 bridgehead atoms. The third-order valence-corrected chi connectivity index (χ3v) is 11.2. The van der Waals surface area contributed by atoms with Crippen LogP contribution in [0.4, 0.5) is 0 Å². The fourth-order valence-corrected chi connectivity index (χ4v) is 8.51. The highest BCUT2D eigenvalue weighted by atomic mass is 16.3. The van der Waals surface area contributed by atoms with Crippen molar-refractivity contribution in [3.63, 3.8) is 0 Å². The average Bonchev–Trinajstić information content (AvgIpc) is 3.61. The number of furan rings is 1. The SMILES string of the molecule is [B]c1c([B])c([B])c2c(-c3cccc4oc5ccccc5c34)c3c([B])c([B])c([B])c([B])c3c(-c3ccc(-c4ccc5c(ccc6ccccc65)c4)cc3)c2c1[B]. The molecule has 10 aromatic rings. The van der Waals surface area contributed by atoms with Crippen molar-refractivity contribution in [2.24, 2.45) is 0 Å². The Morgan fingerprint density at radius 3 is 1.45 bits per heavy atom. The Balaban J connectivity index is 1.31. The Morgan fingerprint density at radius 1 is 0.309 bits per heavy atom. The molecule has 10 rings (SSSR count). The highest BCUT2D eigenvalue weighted by molar-refractivity contribution is 6.71. The molecule has 0 fully saturated rings. The van der Waals surface area contributed by atoms with E-state index in [0.717, 1.165) is 44.0 Å². The maximum atomic E-state index is 7.02. The quantitative estimate of drug-likeness (QED) is 0.159. The van der Waals surface area contributed by atoms with Gasteiger partial charge in [0.15, 0.2) is 0 Å². The lowest BCUT2D eigenvalue weighted by Crippen LogP contribution is -2.50. The van der Waals surface area contributed by atoms with E-state index >= 15 is 0 Å². The molecule has 0 aliphatic rings. The summed E-state index contributed by atoms with van der Waals surface area (Å²) in [5.41, 5.74) is 8.00. The van der Waals surface area contributed by atoms with Crippen LogP contribution in [0.25, 0.3) is 98.4 Å². The van der Waals surface area contributed by atoms with Gasteiger partial charge in [-0.05, 0) is 94.7 Å². The molecule has 16 radical (unpaired) electrons. The highest BCUT2D eigenvalue weighted by Crippen LogP contribution is 2.45. The molecular formula is C46H20B8O. The number of para-hydroxylation sites is 1. The molecule has 0 atom stereocenters. The normalized spacial score (nSPS) is 11.9. The van der Waals surface area contributed by atoms with Crippen LogP contribution in [0.5, 0.6) is 0 Å². The first-order chi connectivity index (χ1) is 26.6.